The highest BCUT2D eigenvalue weighted by molar-refractivity contribution is 9.12. The van der Waals surface area contributed by atoms with Gasteiger partial charge in [0, 0.05) is 30.4 Å². The molecule has 31 heavy (non-hydrogen) atoms. The number of carbonyl (C=O) groups excluding carboxylic acids is 2. The zero-order valence-corrected chi connectivity index (χ0v) is 22.0. The second-order valence-corrected chi connectivity index (χ2v) is 10.2. The fourth-order valence-electron chi connectivity index (χ4n) is 3.76. The predicted octanol–water partition coefficient (Wildman–Crippen LogP) is 6.16. The topological polar surface area (TPSA) is 49.4 Å². The van der Waals surface area contributed by atoms with E-state index < -0.39 is 0 Å². The molecule has 0 spiro atoms. The largest absolute Gasteiger partial charge is 0.347 e. The molecule has 0 aromatic heterocycles. The lowest BCUT2D eigenvalue weighted by Gasteiger charge is -2.53. The summed E-state index contributed by atoms with van der Waals surface area (Å²) in [4.78, 5) is 25.6. The molecule has 0 radical (unpaired) electrons. The van der Waals surface area contributed by atoms with Crippen molar-refractivity contribution in [2.45, 2.75) is 73.3 Å². The van der Waals surface area contributed by atoms with Crippen LogP contribution < -0.4 is 5.32 Å². The van der Waals surface area contributed by atoms with E-state index in [1.165, 1.54) is 12.0 Å². The number of amides is 2. The molecule has 5 heteroatoms. The molecule has 2 saturated heterocycles. The third-order valence-electron chi connectivity index (χ3n) is 6.43. The summed E-state index contributed by atoms with van der Waals surface area (Å²) >= 11 is 3.50. The van der Waals surface area contributed by atoms with Crippen molar-refractivity contribution < 1.29 is 9.59 Å². The van der Waals surface area contributed by atoms with Crippen LogP contribution in [0.4, 0.5) is 0 Å². The lowest BCUT2D eigenvalue weighted by Crippen LogP contribution is -2.62. The van der Waals surface area contributed by atoms with Crippen molar-refractivity contribution in [1.29, 1.82) is 0 Å². The van der Waals surface area contributed by atoms with E-state index in [2.05, 4.69) is 66.0 Å². The van der Waals surface area contributed by atoms with Crippen molar-refractivity contribution in [3.05, 3.63) is 46.5 Å². The summed E-state index contributed by atoms with van der Waals surface area (Å²) in [5, 5.41) is 3.09. The summed E-state index contributed by atoms with van der Waals surface area (Å²) in [7, 11) is 0. The first-order valence-corrected chi connectivity index (χ1v) is 12.1. The summed E-state index contributed by atoms with van der Waals surface area (Å²) in [6.07, 6.45) is 11.9. The van der Waals surface area contributed by atoms with Gasteiger partial charge in [-0.05, 0) is 70.9 Å². The van der Waals surface area contributed by atoms with E-state index in [0.29, 0.717) is 11.8 Å². The zero-order chi connectivity index (χ0) is 23.8. The Labute approximate surface area is 198 Å². The molecule has 1 unspecified atom stereocenters. The first kappa shape index (κ1) is 27.4. The normalized spacial score (nSPS) is 23.6. The number of nitrogens with one attached hydrogen (secondary N) is 1. The van der Waals surface area contributed by atoms with Crippen LogP contribution in [0.2, 0.25) is 0 Å². The molecule has 2 heterocycles. The third-order valence-corrected chi connectivity index (χ3v) is 7.32. The minimum atomic E-state index is -0.360. The van der Waals surface area contributed by atoms with Crippen molar-refractivity contribution in [3.63, 3.8) is 0 Å². The third kappa shape index (κ3) is 8.10. The average Bonchev–Trinajstić information content (AvgIpc) is 2.70. The molecule has 3 fully saturated rings. The molecule has 3 atom stereocenters. The number of carbonyl (C=O) groups is 2. The van der Waals surface area contributed by atoms with Gasteiger partial charge in [0.25, 0.3) is 0 Å². The lowest BCUT2D eigenvalue weighted by molar-refractivity contribution is -0.151. The van der Waals surface area contributed by atoms with Crippen LogP contribution >= 0.6 is 15.9 Å². The number of halogens is 1. The minimum Gasteiger partial charge on any atom is -0.347 e. The van der Waals surface area contributed by atoms with Gasteiger partial charge < -0.3 is 10.2 Å². The number of hydrogen-bond acceptors (Lipinski definition) is 2. The monoisotopic (exact) mass is 492 g/mol. The van der Waals surface area contributed by atoms with Gasteiger partial charge >= 0.3 is 0 Å². The molecule has 0 aromatic rings. The van der Waals surface area contributed by atoms with E-state index in [0.717, 1.165) is 36.0 Å². The van der Waals surface area contributed by atoms with Crippen LogP contribution in [0, 0.1) is 17.8 Å². The molecule has 2 aliphatic heterocycles. The summed E-state index contributed by atoms with van der Waals surface area (Å²) in [6, 6.07) is 0. The summed E-state index contributed by atoms with van der Waals surface area (Å²) in [6.45, 7) is 19.2. The van der Waals surface area contributed by atoms with E-state index >= 15 is 0 Å². The minimum absolute atomic E-state index is 0.0780. The summed E-state index contributed by atoms with van der Waals surface area (Å²) in [5.74, 6) is 0.995. The van der Waals surface area contributed by atoms with Crippen LogP contribution in [-0.2, 0) is 9.59 Å². The second kappa shape index (κ2) is 12.4. The van der Waals surface area contributed by atoms with Gasteiger partial charge in [0.1, 0.15) is 0 Å². The molecule has 4 nitrogen and oxygen atoms in total. The molecule has 0 aromatic carbocycles. The first-order valence-electron chi connectivity index (χ1n) is 11.3. The summed E-state index contributed by atoms with van der Waals surface area (Å²) in [5.41, 5.74) is 1.87. The Hall–Kier alpha value is -1.62. The lowest BCUT2D eigenvalue weighted by atomic mass is 9.61. The van der Waals surface area contributed by atoms with Crippen molar-refractivity contribution in [3.8, 4) is 0 Å². The van der Waals surface area contributed by atoms with E-state index in [1.807, 2.05) is 32.6 Å². The van der Waals surface area contributed by atoms with E-state index in [9.17, 15) is 9.59 Å². The van der Waals surface area contributed by atoms with Gasteiger partial charge in [0.05, 0.1) is 5.54 Å². The zero-order valence-electron chi connectivity index (χ0n) is 20.4. The first-order chi connectivity index (χ1) is 14.4. The van der Waals surface area contributed by atoms with Crippen molar-refractivity contribution in [1.82, 2.24) is 10.2 Å². The number of piperidine rings is 2. The Kier molecular flexibility index (Phi) is 11.0. The maximum absolute atomic E-state index is 12.4. The maximum Gasteiger partial charge on any atom is 0.224 e. The van der Waals surface area contributed by atoms with Crippen LogP contribution in [0.5, 0.6) is 0 Å². The molecule has 1 aliphatic carbocycles. The molecular weight excluding hydrogens is 452 g/mol. The fourth-order valence-corrected chi connectivity index (χ4v) is 4.14. The summed E-state index contributed by atoms with van der Waals surface area (Å²) < 4.78 is 1.16. The number of allylic oxidation sites excluding steroid dienone is 6. The molecular formula is C26H41BrN2O2. The molecule has 3 aliphatic rings. The van der Waals surface area contributed by atoms with Crippen LogP contribution in [0.3, 0.4) is 0 Å². The van der Waals surface area contributed by atoms with Gasteiger partial charge in [-0.25, -0.2) is 0 Å². The number of nitrogens with zero attached hydrogens (tertiary/aromatic N) is 1. The van der Waals surface area contributed by atoms with Crippen molar-refractivity contribution in [2.24, 2.45) is 17.8 Å². The Morgan fingerprint density at radius 3 is 2.23 bits per heavy atom. The second-order valence-electron chi connectivity index (χ2n) is 9.30. The van der Waals surface area contributed by atoms with E-state index in [1.54, 1.807) is 6.92 Å². The van der Waals surface area contributed by atoms with Crippen LogP contribution in [0.15, 0.2) is 46.5 Å². The van der Waals surface area contributed by atoms with Gasteiger partial charge in [-0.15, -0.1) is 0 Å². The molecule has 2 amide bonds. The molecule has 174 valence electrons. The highest BCUT2D eigenvalue weighted by Gasteiger charge is 2.51. The molecule has 2 bridgehead atoms. The van der Waals surface area contributed by atoms with Crippen molar-refractivity contribution >= 4 is 27.7 Å². The van der Waals surface area contributed by atoms with Crippen LogP contribution in [0.25, 0.3) is 0 Å². The van der Waals surface area contributed by atoms with Gasteiger partial charge in [0.15, 0.2) is 0 Å². The van der Waals surface area contributed by atoms with Crippen molar-refractivity contribution in [2.75, 3.05) is 13.1 Å². The quantitative estimate of drug-likeness (QED) is 0.341. The number of rotatable bonds is 7. The van der Waals surface area contributed by atoms with E-state index in [4.69, 9.17) is 0 Å². The predicted molar refractivity (Wildman–Crippen MR) is 135 cm³/mol. The van der Waals surface area contributed by atoms with E-state index in [-0.39, 0.29) is 23.3 Å². The molecule has 1 N–H and O–H groups in total. The molecule has 1 saturated carbocycles. The Bertz CT molecular complexity index is 737. The van der Waals surface area contributed by atoms with Gasteiger partial charge in [-0.2, -0.15) is 0 Å². The highest BCUT2D eigenvalue weighted by Crippen LogP contribution is 2.45. The Morgan fingerprint density at radius 2 is 1.77 bits per heavy atom. The average molecular weight is 494 g/mol. The fraction of sp³-hybridized carbons (Fsp3) is 0.615. The molecule has 3 rings (SSSR count). The highest BCUT2D eigenvalue weighted by atomic mass is 79.9. The van der Waals surface area contributed by atoms with Gasteiger partial charge in [-0.1, -0.05) is 59.7 Å². The number of hydrogen-bond donors (Lipinski definition) is 1. The maximum atomic E-state index is 12.4. The standard InChI is InChI=1S/C15H24N2O2.C11H17Br/c1-9(2)15(4,5)16-14(19)13-11-6-12(13)8-17(7-11)10(3)18;1-4-6-7-8-9-11(12)10(3)5-2/h11-13H,1,6-8H2,2-5H3,(H,16,19);5,7-9H,4,6H2,1-3H3/b;8-7-,10-5+,11-9+/t11-,12+,13?;. The van der Waals surface area contributed by atoms with Crippen LogP contribution in [-0.4, -0.2) is 35.3 Å². The van der Waals surface area contributed by atoms with Gasteiger partial charge in [0.2, 0.25) is 11.8 Å². The SMILES string of the molecule is C/C=C(C)/C(Br)=C\C=C/CCC.C=C(C)C(C)(C)NC(=O)C1[C@@H]2C[C@H]1CN(C(C)=O)C2. The number of fused-ring (bicyclic) bond motifs is 2. The Balaban J connectivity index is 0.000000348. The Morgan fingerprint density at radius 1 is 1.19 bits per heavy atom. The number of unbranched alkanes of at least 4 members (excludes halogenated alkanes) is 1. The van der Waals surface area contributed by atoms with Crippen LogP contribution in [0.1, 0.15) is 67.7 Å². The smallest absolute Gasteiger partial charge is 0.224 e. The van der Waals surface area contributed by atoms with Gasteiger partial charge in [-0.3, -0.25) is 9.59 Å².